The van der Waals surface area contributed by atoms with Crippen LogP contribution in [0.4, 0.5) is 11.4 Å². The maximum atomic E-state index is 13.9. The number of Topliss-reactive ketones (excluding diaryl/α,β-unsaturated/α-hetero) is 2. The fourth-order valence-corrected chi connectivity index (χ4v) is 7.60. The topological polar surface area (TPSA) is 139 Å². The van der Waals surface area contributed by atoms with Crippen LogP contribution in [0.25, 0.3) is 33.4 Å². The molecule has 0 aromatic heterocycles. The molecule has 8 nitrogen and oxygen atoms in total. The minimum atomic E-state index is -0.644. The molecule has 0 fully saturated rings. The number of hydrogen-bond donors (Lipinski definition) is 6. The number of carbonyl (C=O) groups is 2. The van der Waals surface area contributed by atoms with Crippen LogP contribution < -0.4 is 10.6 Å². The summed E-state index contributed by atoms with van der Waals surface area (Å²) in [5.74, 6) is -3.09. The van der Waals surface area contributed by atoms with Gasteiger partial charge >= 0.3 is 0 Å². The van der Waals surface area contributed by atoms with Crippen molar-refractivity contribution < 1.29 is 30.0 Å². The van der Waals surface area contributed by atoms with Crippen LogP contribution in [-0.4, -0.2) is 32.0 Å². The van der Waals surface area contributed by atoms with Gasteiger partial charge in [-0.3, -0.25) is 9.59 Å². The summed E-state index contributed by atoms with van der Waals surface area (Å²) in [5, 5.41) is 53.7. The Bertz CT molecular complexity index is 2250. The molecule has 4 aromatic rings. The van der Waals surface area contributed by atoms with E-state index in [2.05, 4.69) is 10.6 Å². The SMILES string of the molecule is Cc1ccc(N/C=C2\C(=O)C(O)=C(C(C)C)c3cc(C)c(-c4c(C)cc5c(c4O)/C(=C/Nc4ccc(C)c(C)c4)C(=O)C(O)=C5C(C)C)c(O)c32)cc1C. The Morgan fingerprint density at radius 3 is 1.15 bits per heavy atom. The number of phenolic OH excluding ortho intramolecular Hbond substituents is 2. The van der Waals surface area contributed by atoms with Crippen molar-refractivity contribution in [3.05, 3.63) is 128 Å². The zero-order chi connectivity index (χ0) is 39.5. The van der Waals surface area contributed by atoms with E-state index in [-0.39, 0.29) is 68.3 Å². The average molecular weight is 725 g/mol. The van der Waals surface area contributed by atoms with E-state index in [0.717, 1.165) is 33.6 Å². The lowest BCUT2D eigenvalue weighted by molar-refractivity contribution is -0.113. The number of anilines is 2. The number of aromatic hydroxyl groups is 2. The third kappa shape index (κ3) is 6.25. The number of fused-ring (bicyclic) bond motifs is 2. The van der Waals surface area contributed by atoms with E-state index in [4.69, 9.17) is 0 Å². The molecule has 0 amide bonds. The van der Waals surface area contributed by atoms with Gasteiger partial charge in [-0.2, -0.15) is 0 Å². The number of rotatable bonds is 7. The Morgan fingerprint density at radius 2 is 0.833 bits per heavy atom. The first-order valence-corrected chi connectivity index (χ1v) is 18.2. The van der Waals surface area contributed by atoms with Gasteiger partial charge in [0.15, 0.2) is 11.5 Å². The van der Waals surface area contributed by atoms with E-state index in [9.17, 15) is 30.0 Å². The van der Waals surface area contributed by atoms with Crippen LogP contribution in [0, 0.1) is 53.4 Å². The van der Waals surface area contributed by atoms with E-state index in [0.29, 0.717) is 33.4 Å². The molecule has 54 heavy (non-hydrogen) atoms. The van der Waals surface area contributed by atoms with Gasteiger partial charge in [0, 0.05) is 57.2 Å². The number of hydrogen-bond acceptors (Lipinski definition) is 8. The van der Waals surface area contributed by atoms with E-state index >= 15 is 0 Å². The molecular weight excluding hydrogens is 677 g/mol. The van der Waals surface area contributed by atoms with Gasteiger partial charge in [0.2, 0.25) is 11.6 Å². The molecule has 6 N–H and O–H groups in total. The first-order valence-electron chi connectivity index (χ1n) is 18.2. The smallest absolute Gasteiger partial charge is 0.229 e. The second-order valence-electron chi connectivity index (χ2n) is 15.2. The zero-order valence-electron chi connectivity index (χ0n) is 32.5. The third-order valence-electron chi connectivity index (χ3n) is 10.7. The number of aryl methyl sites for hydroxylation is 6. The molecule has 0 spiro atoms. The maximum Gasteiger partial charge on any atom is 0.229 e. The third-order valence-corrected chi connectivity index (χ3v) is 10.7. The van der Waals surface area contributed by atoms with Crippen molar-refractivity contribution in [1.29, 1.82) is 0 Å². The molecule has 6 rings (SSSR count). The normalized spacial score (nSPS) is 15.9. The molecule has 0 atom stereocenters. The molecule has 0 aliphatic heterocycles. The lowest BCUT2D eigenvalue weighted by atomic mass is 9.75. The van der Waals surface area contributed by atoms with Gasteiger partial charge in [0.25, 0.3) is 0 Å². The monoisotopic (exact) mass is 724 g/mol. The van der Waals surface area contributed by atoms with Gasteiger partial charge in [-0.05, 0) is 122 Å². The molecule has 0 bridgehead atoms. The summed E-state index contributed by atoms with van der Waals surface area (Å²) < 4.78 is 0. The molecule has 2 aliphatic rings. The van der Waals surface area contributed by atoms with Gasteiger partial charge in [-0.15, -0.1) is 0 Å². The van der Waals surface area contributed by atoms with Crippen LogP contribution in [-0.2, 0) is 9.59 Å². The quantitative estimate of drug-likeness (QED) is 0.104. The summed E-state index contributed by atoms with van der Waals surface area (Å²) in [6.07, 6.45) is 2.99. The predicted molar refractivity (Wildman–Crippen MR) is 219 cm³/mol. The van der Waals surface area contributed by atoms with Gasteiger partial charge < -0.3 is 31.1 Å². The highest BCUT2D eigenvalue weighted by atomic mass is 16.3. The number of phenols is 2. The summed E-state index contributed by atoms with van der Waals surface area (Å²) in [5.41, 5.74) is 9.88. The second kappa shape index (κ2) is 14.1. The number of aliphatic hydroxyl groups is 2. The van der Waals surface area contributed by atoms with E-state index < -0.39 is 11.6 Å². The number of carbonyl (C=O) groups excluding carboxylic acids is 2. The number of allylic oxidation sites excluding steroid dienone is 4. The van der Waals surface area contributed by atoms with Crippen molar-refractivity contribution >= 4 is 45.2 Å². The average Bonchev–Trinajstić information content (AvgIpc) is 3.09. The van der Waals surface area contributed by atoms with Gasteiger partial charge in [-0.1, -0.05) is 52.0 Å². The van der Waals surface area contributed by atoms with Gasteiger partial charge in [0.05, 0.1) is 11.1 Å². The minimum absolute atomic E-state index is 0.0577. The van der Waals surface area contributed by atoms with E-state index in [1.165, 1.54) is 12.4 Å². The van der Waals surface area contributed by atoms with Gasteiger partial charge in [0.1, 0.15) is 11.5 Å². The number of benzene rings is 4. The maximum absolute atomic E-state index is 13.9. The van der Waals surface area contributed by atoms with Gasteiger partial charge in [-0.25, -0.2) is 0 Å². The molecule has 0 unspecified atom stereocenters. The fraction of sp³-hybridized carbons (Fsp3) is 0.261. The van der Waals surface area contributed by atoms with Crippen LogP contribution in [0.5, 0.6) is 11.5 Å². The summed E-state index contributed by atoms with van der Waals surface area (Å²) in [6.45, 7) is 19.1. The molecule has 4 aromatic carbocycles. The summed E-state index contributed by atoms with van der Waals surface area (Å²) in [6, 6.07) is 15.2. The molecule has 2 aliphatic carbocycles. The molecule has 8 heteroatoms. The summed E-state index contributed by atoms with van der Waals surface area (Å²) >= 11 is 0. The van der Waals surface area contributed by atoms with Crippen molar-refractivity contribution in [2.75, 3.05) is 10.6 Å². The van der Waals surface area contributed by atoms with Crippen molar-refractivity contribution in [3.8, 4) is 22.6 Å². The Hall–Kier alpha value is -6.02. The number of ketones is 2. The molecule has 0 heterocycles. The Kier molecular flexibility index (Phi) is 9.84. The largest absolute Gasteiger partial charge is 0.507 e. The fourth-order valence-electron chi connectivity index (χ4n) is 7.60. The van der Waals surface area contributed by atoms with Crippen LogP contribution in [0.2, 0.25) is 0 Å². The highest BCUT2D eigenvalue weighted by Gasteiger charge is 2.38. The number of aliphatic hydroxyl groups excluding tert-OH is 2. The van der Waals surface area contributed by atoms with Crippen molar-refractivity contribution in [2.24, 2.45) is 11.8 Å². The van der Waals surface area contributed by atoms with Crippen LogP contribution >= 0.6 is 0 Å². The van der Waals surface area contributed by atoms with E-state index in [1.54, 1.807) is 13.8 Å². The standard InChI is InChI=1S/C46H48N2O6/c1-21(2)35-31-17-27(9)37(43(51)39(31)33(41(49)45(35)53)19-47-29-13-11-23(5)25(7)15-29)38-28(10)18-32-36(22(3)4)46(54)42(50)34(40(32)44(38)52)20-48-30-14-12-24(6)26(8)16-30/h11-22,47-48,51-54H,1-10H3/b33-19-,34-20-. The second-order valence-corrected chi connectivity index (χ2v) is 15.2. The molecule has 278 valence electrons. The van der Waals surface area contributed by atoms with Crippen LogP contribution in [0.15, 0.2) is 72.4 Å². The van der Waals surface area contributed by atoms with Crippen molar-refractivity contribution in [2.45, 2.75) is 69.2 Å². The summed E-state index contributed by atoms with van der Waals surface area (Å²) in [7, 11) is 0. The van der Waals surface area contributed by atoms with Crippen LogP contribution in [0.1, 0.15) is 83.3 Å². The molecular formula is C46H48N2O6. The minimum Gasteiger partial charge on any atom is -0.507 e. The molecule has 0 radical (unpaired) electrons. The first-order chi connectivity index (χ1) is 25.4. The number of nitrogens with one attached hydrogen (secondary N) is 2. The Balaban J connectivity index is 1.62. The highest BCUT2D eigenvalue weighted by molar-refractivity contribution is 6.35. The van der Waals surface area contributed by atoms with Crippen molar-refractivity contribution in [1.82, 2.24) is 0 Å². The Morgan fingerprint density at radius 1 is 0.481 bits per heavy atom. The molecule has 0 saturated carbocycles. The van der Waals surface area contributed by atoms with E-state index in [1.807, 2.05) is 104 Å². The lowest BCUT2D eigenvalue weighted by Crippen LogP contribution is -2.20. The highest BCUT2D eigenvalue weighted by Crippen LogP contribution is 2.53. The first kappa shape index (κ1) is 37.7. The predicted octanol–water partition coefficient (Wildman–Crippen LogP) is 10.5. The zero-order valence-corrected chi connectivity index (χ0v) is 32.5. The lowest BCUT2D eigenvalue weighted by Gasteiger charge is -2.29. The van der Waals surface area contributed by atoms with Crippen LogP contribution in [0.3, 0.4) is 0 Å². The van der Waals surface area contributed by atoms with Crippen molar-refractivity contribution in [3.63, 3.8) is 0 Å². The molecule has 0 saturated heterocycles. The summed E-state index contributed by atoms with van der Waals surface area (Å²) in [4.78, 5) is 27.9. The Labute approximate surface area is 316 Å².